The molecule has 0 fully saturated rings. The van der Waals surface area contributed by atoms with Gasteiger partial charge in [-0.1, -0.05) is 27.7 Å². The van der Waals surface area contributed by atoms with E-state index in [1.54, 1.807) is 0 Å². The zero-order chi connectivity index (χ0) is 10.4. The van der Waals surface area contributed by atoms with Gasteiger partial charge in [-0.3, -0.25) is 0 Å². The van der Waals surface area contributed by atoms with Crippen molar-refractivity contribution in [1.82, 2.24) is 0 Å². The third-order valence-electron chi connectivity index (χ3n) is 1.70. The van der Waals surface area contributed by atoms with Crippen molar-refractivity contribution in [2.24, 2.45) is 22.8 Å². The molecule has 0 saturated carbocycles. The normalized spacial score (nSPS) is 14.1. The molecule has 0 radical (unpaired) electrons. The Labute approximate surface area is 80.7 Å². The van der Waals surface area contributed by atoms with E-state index in [2.05, 4.69) is 18.9 Å². The van der Waals surface area contributed by atoms with Crippen molar-refractivity contribution >= 4 is 5.90 Å². The van der Waals surface area contributed by atoms with E-state index in [1.165, 1.54) is 0 Å². The summed E-state index contributed by atoms with van der Waals surface area (Å²) in [5.41, 5.74) is 0. The van der Waals surface area contributed by atoms with Gasteiger partial charge in [0, 0.05) is 11.8 Å². The summed E-state index contributed by atoms with van der Waals surface area (Å²) >= 11 is 0. The summed E-state index contributed by atoms with van der Waals surface area (Å²) in [5.74, 6) is 7.29. The molecule has 0 aromatic heterocycles. The van der Waals surface area contributed by atoms with Crippen molar-refractivity contribution in [2.75, 3.05) is 0 Å². The summed E-state index contributed by atoms with van der Waals surface area (Å²) in [6, 6.07) is 0. The zero-order valence-electron chi connectivity index (χ0n) is 9.16. The van der Waals surface area contributed by atoms with Crippen LogP contribution in [0.3, 0.4) is 0 Å². The minimum absolute atomic E-state index is 0.221. The maximum absolute atomic E-state index is 5.56. The molecule has 0 saturated heterocycles. The highest BCUT2D eigenvalue weighted by Crippen LogP contribution is 2.13. The van der Waals surface area contributed by atoms with Crippen molar-refractivity contribution in [1.29, 1.82) is 0 Å². The molecule has 76 valence electrons. The highest BCUT2D eigenvalue weighted by Gasteiger charge is 2.11. The molecule has 0 aliphatic rings. The molecule has 0 bridgehead atoms. The van der Waals surface area contributed by atoms with Gasteiger partial charge in [0.05, 0.1) is 0 Å². The number of ether oxygens (including phenoxy) is 1. The van der Waals surface area contributed by atoms with E-state index >= 15 is 0 Å². The van der Waals surface area contributed by atoms with E-state index in [0.29, 0.717) is 11.8 Å². The van der Waals surface area contributed by atoms with Crippen LogP contribution in [-0.2, 0) is 4.74 Å². The van der Waals surface area contributed by atoms with E-state index in [-0.39, 0.29) is 5.92 Å². The molecule has 0 atom stereocenters. The third kappa shape index (κ3) is 3.97. The first kappa shape index (κ1) is 12.0. The molecule has 0 aromatic rings. The maximum Gasteiger partial charge on any atom is 0.213 e. The zero-order valence-corrected chi connectivity index (χ0v) is 9.16. The topological polar surface area (TPSA) is 47.6 Å². The summed E-state index contributed by atoms with van der Waals surface area (Å²) in [4.78, 5) is 0. The summed E-state index contributed by atoms with van der Waals surface area (Å²) in [6.45, 7) is 10.1. The van der Waals surface area contributed by atoms with E-state index in [0.717, 1.165) is 5.76 Å². The molecule has 0 amide bonds. The van der Waals surface area contributed by atoms with Gasteiger partial charge in [0.2, 0.25) is 5.90 Å². The van der Waals surface area contributed by atoms with Crippen LogP contribution in [0.4, 0.5) is 0 Å². The lowest BCUT2D eigenvalue weighted by Crippen LogP contribution is -2.16. The summed E-state index contributed by atoms with van der Waals surface area (Å²) in [7, 11) is 0. The second-order valence-electron chi connectivity index (χ2n) is 3.57. The Kier molecular flexibility index (Phi) is 5.19. The highest BCUT2D eigenvalue weighted by molar-refractivity contribution is 5.78. The Bertz CT molecular complexity index is 183. The van der Waals surface area contributed by atoms with E-state index in [9.17, 15) is 0 Å². The second-order valence-corrected chi connectivity index (χ2v) is 3.57. The first-order valence-electron chi connectivity index (χ1n) is 4.64. The largest absolute Gasteiger partial charge is 0.446 e. The fourth-order valence-electron chi connectivity index (χ4n) is 0.924. The molecule has 0 heterocycles. The Morgan fingerprint density at radius 3 is 2.00 bits per heavy atom. The van der Waals surface area contributed by atoms with Gasteiger partial charge >= 0.3 is 0 Å². The predicted octanol–water partition coefficient (Wildman–Crippen LogP) is 2.49. The van der Waals surface area contributed by atoms with Gasteiger partial charge in [-0.25, -0.2) is 0 Å². The van der Waals surface area contributed by atoms with Gasteiger partial charge in [0.1, 0.15) is 5.76 Å². The predicted molar refractivity (Wildman–Crippen MR) is 56.1 cm³/mol. The van der Waals surface area contributed by atoms with Crippen LogP contribution in [0.25, 0.3) is 0 Å². The first-order valence-corrected chi connectivity index (χ1v) is 4.64. The number of hydrogen-bond donors (Lipinski definition) is 1. The number of allylic oxidation sites excluding steroid dienone is 2. The lowest BCUT2D eigenvalue weighted by atomic mass is 10.1. The minimum Gasteiger partial charge on any atom is -0.446 e. The summed E-state index contributed by atoms with van der Waals surface area (Å²) in [6.07, 6.45) is 1.94. The van der Waals surface area contributed by atoms with Crippen LogP contribution in [0.1, 0.15) is 34.6 Å². The summed E-state index contributed by atoms with van der Waals surface area (Å²) in [5, 5.41) is 3.61. The van der Waals surface area contributed by atoms with Gasteiger partial charge in [0.15, 0.2) is 0 Å². The van der Waals surface area contributed by atoms with Crippen molar-refractivity contribution in [2.45, 2.75) is 34.6 Å². The molecule has 0 rings (SSSR count). The third-order valence-corrected chi connectivity index (χ3v) is 1.70. The van der Waals surface area contributed by atoms with Crippen molar-refractivity contribution in [3.63, 3.8) is 0 Å². The second kappa shape index (κ2) is 5.62. The molecule has 3 heteroatoms. The van der Waals surface area contributed by atoms with Gasteiger partial charge in [0.25, 0.3) is 0 Å². The van der Waals surface area contributed by atoms with Crippen molar-refractivity contribution in [3.05, 3.63) is 11.8 Å². The number of nitrogens with zero attached hydrogens (tertiary/aromatic N) is 1. The van der Waals surface area contributed by atoms with Crippen LogP contribution in [0, 0.1) is 11.8 Å². The van der Waals surface area contributed by atoms with Crippen LogP contribution in [0.5, 0.6) is 0 Å². The van der Waals surface area contributed by atoms with Crippen LogP contribution >= 0.6 is 0 Å². The Morgan fingerprint density at radius 2 is 1.77 bits per heavy atom. The monoisotopic (exact) mass is 184 g/mol. The molecular formula is C10H20N2O. The quantitative estimate of drug-likeness (QED) is 0.241. The molecule has 0 aliphatic heterocycles. The number of hydrazone groups is 1. The fraction of sp³-hybridized carbons (Fsp3) is 0.700. The Morgan fingerprint density at radius 1 is 1.23 bits per heavy atom. The lowest BCUT2D eigenvalue weighted by Gasteiger charge is -2.15. The standard InChI is InChI=1S/C10H20N2O/c1-6-9(7(2)3)13-10(12-11)8(4)5/h6-8H,11H2,1-5H3/b9-6-,12-10-. The van der Waals surface area contributed by atoms with E-state index in [4.69, 9.17) is 10.6 Å². The molecule has 0 aromatic carbocycles. The lowest BCUT2D eigenvalue weighted by molar-refractivity contribution is 0.334. The molecule has 2 N–H and O–H groups in total. The number of nitrogens with two attached hydrogens (primary N) is 1. The smallest absolute Gasteiger partial charge is 0.213 e. The molecule has 13 heavy (non-hydrogen) atoms. The van der Waals surface area contributed by atoms with Crippen molar-refractivity contribution in [3.8, 4) is 0 Å². The fourth-order valence-corrected chi connectivity index (χ4v) is 0.924. The molecule has 0 aliphatic carbocycles. The van der Waals surface area contributed by atoms with Crippen LogP contribution in [-0.4, -0.2) is 5.90 Å². The minimum atomic E-state index is 0.221. The first-order chi connectivity index (χ1) is 6.02. The van der Waals surface area contributed by atoms with Gasteiger partial charge < -0.3 is 10.6 Å². The van der Waals surface area contributed by atoms with Gasteiger partial charge in [-0.15, -0.1) is 5.10 Å². The maximum atomic E-state index is 5.56. The number of hydrogen-bond acceptors (Lipinski definition) is 3. The molecule has 0 unspecified atom stereocenters. The average molecular weight is 184 g/mol. The van der Waals surface area contributed by atoms with Crippen LogP contribution in [0.2, 0.25) is 0 Å². The van der Waals surface area contributed by atoms with Crippen LogP contribution < -0.4 is 5.84 Å². The Hall–Kier alpha value is -0.990. The SMILES string of the molecule is C/C=C(\O/C(=N\N)C(C)C)C(C)C. The number of rotatable bonds is 3. The Balaban J connectivity index is 4.40. The van der Waals surface area contributed by atoms with E-state index in [1.807, 2.05) is 26.8 Å². The van der Waals surface area contributed by atoms with E-state index < -0.39 is 0 Å². The molecule has 0 spiro atoms. The van der Waals surface area contributed by atoms with Crippen molar-refractivity contribution < 1.29 is 4.74 Å². The van der Waals surface area contributed by atoms with Gasteiger partial charge in [-0.2, -0.15) is 0 Å². The highest BCUT2D eigenvalue weighted by atomic mass is 16.5. The van der Waals surface area contributed by atoms with Crippen LogP contribution in [0.15, 0.2) is 16.9 Å². The van der Waals surface area contributed by atoms with Gasteiger partial charge in [-0.05, 0) is 13.0 Å². The molecular weight excluding hydrogens is 164 g/mol. The molecule has 3 nitrogen and oxygen atoms in total. The average Bonchev–Trinajstić information content (AvgIpc) is 2.05. The summed E-state index contributed by atoms with van der Waals surface area (Å²) < 4.78 is 5.56.